The van der Waals surface area contributed by atoms with Gasteiger partial charge in [0.1, 0.15) is 17.3 Å². The second-order valence-electron chi connectivity index (χ2n) is 8.93. The first-order chi connectivity index (χ1) is 16.6. The first kappa shape index (κ1) is 24.5. The number of piperidine rings is 1. The molecule has 1 aliphatic heterocycles. The number of amides is 1. The van der Waals surface area contributed by atoms with E-state index in [1.165, 1.54) is 0 Å². The van der Waals surface area contributed by atoms with Gasteiger partial charge in [0.2, 0.25) is 5.89 Å². The Kier molecular flexibility index (Phi) is 6.68. The van der Waals surface area contributed by atoms with E-state index < -0.39 is 11.7 Å². The summed E-state index contributed by atoms with van der Waals surface area (Å²) < 4.78 is 44.1. The van der Waals surface area contributed by atoms with E-state index in [0.29, 0.717) is 53.7 Å². The lowest BCUT2D eigenvalue weighted by molar-refractivity contribution is -0.0857. The van der Waals surface area contributed by atoms with Gasteiger partial charge in [0, 0.05) is 37.2 Å². The molecule has 1 amide bonds. The van der Waals surface area contributed by atoms with Gasteiger partial charge in [0.25, 0.3) is 5.91 Å². The van der Waals surface area contributed by atoms with Gasteiger partial charge >= 0.3 is 6.18 Å². The second kappa shape index (κ2) is 9.55. The van der Waals surface area contributed by atoms with Crippen LogP contribution in [0.2, 0.25) is 0 Å². The summed E-state index contributed by atoms with van der Waals surface area (Å²) >= 11 is 0. The number of oxazole rings is 1. The molecule has 3 atom stereocenters. The number of alkyl halides is 3. The fourth-order valence-corrected chi connectivity index (χ4v) is 4.29. The number of nitrogens with one attached hydrogen (secondary N) is 1. The molecule has 4 rings (SSSR count). The summed E-state index contributed by atoms with van der Waals surface area (Å²) in [6.45, 7) is 8.12. The van der Waals surface area contributed by atoms with Crippen LogP contribution in [0.25, 0.3) is 11.5 Å². The van der Waals surface area contributed by atoms with Gasteiger partial charge in [0.05, 0.1) is 17.3 Å². The highest BCUT2D eigenvalue weighted by atomic mass is 19.4. The number of aliphatic imine (C=N–C) groups is 1. The third kappa shape index (κ3) is 5.55. The van der Waals surface area contributed by atoms with Crippen molar-refractivity contribution in [1.82, 2.24) is 20.2 Å². The zero-order valence-electron chi connectivity index (χ0n) is 19.5. The van der Waals surface area contributed by atoms with Crippen molar-refractivity contribution in [2.75, 3.05) is 13.1 Å². The number of hydrogen-bond donors (Lipinski definition) is 2. The van der Waals surface area contributed by atoms with Crippen LogP contribution in [0.5, 0.6) is 0 Å². The number of halogens is 3. The quantitative estimate of drug-likeness (QED) is 0.575. The molecule has 1 saturated carbocycles. The Hall–Kier alpha value is -3.63. The maximum absolute atomic E-state index is 13.7. The Bertz CT molecular complexity index is 1190. The molecule has 2 fully saturated rings. The molecule has 8 nitrogen and oxygen atoms in total. The topological polar surface area (TPSA) is 110 Å². The SMILES string of the molecule is C=C(/N=C\C(=C/N)C(F)(F)F)NCC1CC2CC2CN1C(=O)c1nc(C)ccc1-c1ncc(C)o1. The molecule has 1 aliphatic carbocycles. The third-order valence-electron chi connectivity index (χ3n) is 6.27. The number of aromatic nitrogens is 2. The Morgan fingerprint density at radius 3 is 2.77 bits per heavy atom. The zero-order valence-corrected chi connectivity index (χ0v) is 19.5. The summed E-state index contributed by atoms with van der Waals surface area (Å²) in [4.78, 5) is 28.0. The van der Waals surface area contributed by atoms with Crippen LogP contribution in [0.15, 0.2) is 51.9 Å². The molecule has 2 aromatic rings. The minimum absolute atomic E-state index is 0.0450. The molecular weight excluding hydrogens is 461 g/mol. The van der Waals surface area contributed by atoms with E-state index in [2.05, 4.69) is 26.9 Å². The van der Waals surface area contributed by atoms with Crippen LogP contribution in [0.3, 0.4) is 0 Å². The standard InChI is InChI=1S/C24H27F3N6O2/c1-13-4-5-20(22-31-9-14(2)35-22)21(32-13)23(34)33-12-17-6-16(17)7-19(33)11-30-15(3)29-10-18(8-28)24(25,26)27/h4-5,8-10,16-17,19,30H,3,6-7,11-12,28H2,1-2H3/b18-8+,29-10-. The van der Waals surface area contributed by atoms with E-state index in [-0.39, 0.29) is 30.0 Å². The van der Waals surface area contributed by atoms with E-state index in [9.17, 15) is 18.0 Å². The maximum Gasteiger partial charge on any atom is 0.419 e. The van der Waals surface area contributed by atoms with Crippen LogP contribution in [0.4, 0.5) is 13.2 Å². The van der Waals surface area contributed by atoms with Crippen molar-refractivity contribution in [2.24, 2.45) is 22.6 Å². The summed E-state index contributed by atoms with van der Waals surface area (Å²) in [6, 6.07) is 3.37. The minimum atomic E-state index is -4.61. The van der Waals surface area contributed by atoms with Gasteiger partial charge in [-0.05, 0) is 50.7 Å². The monoisotopic (exact) mass is 488 g/mol. The number of hydrogen-bond acceptors (Lipinski definition) is 7. The van der Waals surface area contributed by atoms with Gasteiger partial charge in [-0.3, -0.25) is 4.79 Å². The molecule has 0 radical (unpaired) electrons. The van der Waals surface area contributed by atoms with E-state index in [0.717, 1.165) is 12.8 Å². The summed E-state index contributed by atoms with van der Waals surface area (Å²) in [6.07, 6.45) is -0.127. The Balaban J connectivity index is 1.51. The summed E-state index contributed by atoms with van der Waals surface area (Å²) in [5.41, 5.74) is 5.43. The molecule has 3 unspecified atom stereocenters. The summed E-state index contributed by atoms with van der Waals surface area (Å²) in [5, 5.41) is 2.95. The number of carbonyl (C=O) groups is 1. The molecule has 11 heteroatoms. The zero-order chi connectivity index (χ0) is 25.3. The van der Waals surface area contributed by atoms with E-state index >= 15 is 0 Å². The number of fused-ring (bicyclic) bond motifs is 1. The van der Waals surface area contributed by atoms with Crippen molar-refractivity contribution in [3.8, 4) is 11.5 Å². The van der Waals surface area contributed by atoms with Crippen molar-refractivity contribution in [3.63, 3.8) is 0 Å². The van der Waals surface area contributed by atoms with Gasteiger partial charge in [-0.25, -0.2) is 15.0 Å². The molecule has 3 N–H and O–H groups in total. The first-order valence-corrected chi connectivity index (χ1v) is 11.2. The van der Waals surface area contributed by atoms with Gasteiger partial charge < -0.3 is 20.4 Å². The van der Waals surface area contributed by atoms with Crippen LogP contribution in [0, 0.1) is 25.7 Å². The normalized spacial score (nSPS) is 22.3. The Labute approximate surface area is 200 Å². The molecule has 0 bridgehead atoms. The van der Waals surface area contributed by atoms with E-state index in [4.69, 9.17) is 10.2 Å². The predicted molar refractivity (Wildman–Crippen MR) is 124 cm³/mol. The lowest BCUT2D eigenvalue weighted by Crippen LogP contribution is -2.49. The fraction of sp³-hybridized carbons (Fsp3) is 0.417. The van der Waals surface area contributed by atoms with Crippen molar-refractivity contribution in [2.45, 2.75) is 38.9 Å². The molecule has 0 spiro atoms. The van der Waals surface area contributed by atoms with Crippen LogP contribution in [-0.2, 0) is 0 Å². The van der Waals surface area contributed by atoms with Gasteiger partial charge in [-0.15, -0.1) is 0 Å². The lowest BCUT2D eigenvalue weighted by atomic mass is 10.0. The van der Waals surface area contributed by atoms with E-state index in [1.54, 1.807) is 37.1 Å². The summed E-state index contributed by atoms with van der Waals surface area (Å²) in [7, 11) is 0. The largest absolute Gasteiger partial charge is 0.441 e. The van der Waals surface area contributed by atoms with Crippen LogP contribution in [-0.4, -0.2) is 52.3 Å². The predicted octanol–water partition coefficient (Wildman–Crippen LogP) is 3.74. The van der Waals surface area contributed by atoms with Crippen molar-refractivity contribution < 1.29 is 22.4 Å². The molecule has 1 saturated heterocycles. The number of allylic oxidation sites excluding steroid dienone is 1. The minimum Gasteiger partial charge on any atom is -0.441 e. The lowest BCUT2D eigenvalue weighted by Gasteiger charge is -2.36. The molecule has 35 heavy (non-hydrogen) atoms. The third-order valence-corrected chi connectivity index (χ3v) is 6.27. The van der Waals surface area contributed by atoms with Crippen molar-refractivity contribution in [3.05, 3.63) is 59.7 Å². The number of pyridine rings is 1. The first-order valence-electron chi connectivity index (χ1n) is 11.2. The van der Waals surface area contributed by atoms with Crippen LogP contribution < -0.4 is 11.1 Å². The highest BCUT2D eigenvalue weighted by Gasteiger charge is 2.47. The average Bonchev–Trinajstić information content (AvgIpc) is 3.44. The van der Waals surface area contributed by atoms with Crippen molar-refractivity contribution in [1.29, 1.82) is 0 Å². The smallest absolute Gasteiger partial charge is 0.419 e. The van der Waals surface area contributed by atoms with Crippen LogP contribution >= 0.6 is 0 Å². The molecular formula is C24H27F3N6O2. The van der Waals surface area contributed by atoms with Gasteiger partial charge in [0.15, 0.2) is 0 Å². The Morgan fingerprint density at radius 2 is 2.11 bits per heavy atom. The highest BCUT2D eigenvalue weighted by molar-refractivity contribution is 5.98. The van der Waals surface area contributed by atoms with Gasteiger partial charge in [-0.2, -0.15) is 13.2 Å². The molecule has 3 heterocycles. The molecule has 2 aromatic heterocycles. The average molecular weight is 489 g/mol. The van der Waals surface area contributed by atoms with Gasteiger partial charge in [-0.1, -0.05) is 6.58 Å². The molecule has 186 valence electrons. The molecule has 0 aromatic carbocycles. The molecule has 2 aliphatic rings. The summed E-state index contributed by atoms with van der Waals surface area (Å²) in [5.74, 6) is 1.72. The fourth-order valence-electron chi connectivity index (χ4n) is 4.29. The number of nitrogens with zero attached hydrogens (tertiary/aromatic N) is 4. The van der Waals surface area contributed by atoms with E-state index in [1.807, 2.05) is 0 Å². The number of carbonyl (C=O) groups excluding carboxylic acids is 1. The number of likely N-dealkylation sites (tertiary alicyclic amines) is 1. The van der Waals surface area contributed by atoms with Crippen molar-refractivity contribution >= 4 is 12.1 Å². The Morgan fingerprint density at radius 1 is 1.34 bits per heavy atom. The number of aryl methyl sites for hydroxylation is 2. The second-order valence-corrected chi connectivity index (χ2v) is 8.93. The highest BCUT2D eigenvalue weighted by Crippen LogP contribution is 2.47. The number of rotatable bonds is 7. The van der Waals surface area contributed by atoms with Crippen LogP contribution in [0.1, 0.15) is 34.8 Å². The number of nitrogens with two attached hydrogens (primary N) is 1. The maximum atomic E-state index is 13.7.